The summed E-state index contributed by atoms with van der Waals surface area (Å²) in [7, 11) is 0. The van der Waals surface area contributed by atoms with E-state index >= 15 is 0 Å². The van der Waals surface area contributed by atoms with Gasteiger partial charge in [0.15, 0.2) is 0 Å². The van der Waals surface area contributed by atoms with Gasteiger partial charge in [-0.2, -0.15) is 12.6 Å². The lowest BCUT2D eigenvalue weighted by Gasteiger charge is -2.19. The molecular formula is C9H15N3O6S. The molecule has 108 valence electrons. The van der Waals surface area contributed by atoms with Crippen LogP contribution in [0, 0.1) is 0 Å². The maximum atomic E-state index is 11.7. The molecule has 0 aliphatic heterocycles. The topological polar surface area (TPSA) is 159 Å². The van der Waals surface area contributed by atoms with Gasteiger partial charge >= 0.3 is 11.9 Å². The number of carbonyl (C=O) groups excluding carboxylic acids is 2. The van der Waals surface area contributed by atoms with Crippen LogP contribution in [0.25, 0.3) is 0 Å². The second-order valence-corrected chi connectivity index (χ2v) is 3.87. The summed E-state index contributed by atoms with van der Waals surface area (Å²) in [6.07, 6.45) is -0.773. The van der Waals surface area contributed by atoms with E-state index in [0.29, 0.717) is 0 Å². The molecule has 0 bridgehead atoms. The lowest BCUT2D eigenvalue weighted by molar-refractivity contribution is -0.147. The molecule has 9 nitrogen and oxygen atoms in total. The van der Waals surface area contributed by atoms with E-state index in [1.54, 1.807) is 0 Å². The third kappa shape index (κ3) is 6.62. The van der Waals surface area contributed by atoms with Crippen LogP contribution in [0.15, 0.2) is 0 Å². The van der Waals surface area contributed by atoms with Crippen LogP contribution in [0.2, 0.25) is 0 Å². The predicted octanol–water partition coefficient (Wildman–Crippen LogP) is -2.60. The molecule has 0 spiro atoms. The van der Waals surface area contributed by atoms with E-state index in [-0.39, 0.29) is 12.3 Å². The lowest BCUT2D eigenvalue weighted by Crippen LogP contribution is -2.53. The minimum Gasteiger partial charge on any atom is -0.481 e. The van der Waals surface area contributed by atoms with Crippen molar-refractivity contribution in [2.75, 3.05) is 12.3 Å². The normalized spacial score (nSPS) is 13.2. The molecule has 6 N–H and O–H groups in total. The summed E-state index contributed by atoms with van der Waals surface area (Å²) in [6.45, 7) is -0.338. The van der Waals surface area contributed by atoms with Crippen LogP contribution in [-0.2, 0) is 19.2 Å². The maximum Gasteiger partial charge on any atom is 0.326 e. The third-order valence-electron chi connectivity index (χ3n) is 2.01. The molecule has 0 saturated carbocycles. The van der Waals surface area contributed by atoms with Gasteiger partial charge < -0.3 is 26.6 Å². The first-order valence-electron chi connectivity index (χ1n) is 5.17. The van der Waals surface area contributed by atoms with E-state index in [0.717, 1.165) is 0 Å². The summed E-state index contributed by atoms with van der Waals surface area (Å²) in [6, 6.07) is -2.67. The first-order chi connectivity index (χ1) is 8.81. The number of aliphatic carboxylic acids is 2. The van der Waals surface area contributed by atoms with Crippen molar-refractivity contribution in [3.05, 3.63) is 0 Å². The zero-order valence-corrected chi connectivity index (χ0v) is 10.7. The monoisotopic (exact) mass is 293 g/mol. The Balaban J connectivity index is 4.63. The van der Waals surface area contributed by atoms with E-state index in [2.05, 4.69) is 17.9 Å². The highest BCUT2D eigenvalue weighted by molar-refractivity contribution is 7.80. The van der Waals surface area contributed by atoms with Crippen molar-refractivity contribution >= 4 is 36.4 Å². The minimum absolute atomic E-state index is 0.0863. The zero-order chi connectivity index (χ0) is 15.0. The summed E-state index contributed by atoms with van der Waals surface area (Å²) in [5.74, 6) is -4.40. The zero-order valence-electron chi connectivity index (χ0n) is 9.83. The van der Waals surface area contributed by atoms with Gasteiger partial charge in [-0.1, -0.05) is 0 Å². The number of rotatable bonds is 8. The van der Waals surface area contributed by atoms with Crippen LogP contribution >= 0.6 is 12.6 Å². The predicted molar refractivity (Wildman–Crippen MR) is 66.7 cm³/mol. The molecular weight excluding hydrogens is 278 g/mol. The number of hydrogen-bond acceptors (Lipinski definition) is 6. The molecule has 0 aromatic rings. The van der Waals surface area contributed by atoms with Gasteiger partial charge in [0.05, 0.1) is 13.0 Å². The van der Waals surface area contributed by atoms with Crippen LogP contribution < -0.4 is 16.4 Å². The van der Waals surface area contributed by atoms with Crippen LogP contribution in [0.4, 0.5) is 0 Å². The highest BCUT2D eigenvalue weighted by atomic mass is 32.1. The molecule has 2 amide bonds. The van der Waals surface area contributed by atoms with Gasteiger partial charge in [0.1, 0.15) is 12.1 Å². The first-order valence-corrected chi connectivity index (χ1v) is 5.80. The fraction of sp³-hybridized carbons (Fsp3) is 0.556. The van der Waals surface area contributed by atoms with Crippen molar-refractivity contribution in [1.29, 1.82) is 0 Å². The Morgan fingerprint density at radius 1 is 1.11 bits per heavy atom. The third-order valence-corrected chi connectivity index (χ3v) is 2.38. The number of amides is 2. The van der Waals surface area contributed by atoms with Gasteiger partial charge in [-0.3, -0.25) is 14.4 Å². The smallest absolute Gasteiger partial charge is 0.326 e. The number of carbonyl (C=O) groups is 4. The maximum absolute atomic E-state index is 11.7. The Labute approximate surface area is 113 Å². The fourth-order valence-electron chi connectivity index (χ4n) is 1.09. The minimum atomic E-state index is -1.58. The molecule has 0 unspecified atom stereocenters. The lowest BCUT2D eigenvalue weighted by atomic mass is 10.2. The van der Waals surface area contributed by atoms with Crippen LogP contribution in [0.3, 0.4) is 0 Å². The second-order valence-electron chi connectivity index (χ2n) is 3.50. The Bertz CT molecular complexity index is 375. The molecule has 0 aromatic heterocycles. The molecule has 0 radical (unpaired) electrons. The number of nitrogens with two attached hydrogens (primary N) is 1. The molecule has 19 heavy (non-hydrogen) atoms. The molecule has 2 atom stereocenters. The number of carboxylic acid groups (broad SMARTS) is 2. The Hall–Kier alpha value is -1.81. The Kier molecular flexibility index (Phi) is 7.53. The standard InChI is InChI=1S/C9H15N3O6S/c10-2-6(13)11-5(3-19)8(16)12-4(9(17)18)1-7(14)15/h4-5,19H,1-3,10H2,(H,11,13)(H,12,16)(H,14,15)(H,17,18)/t4-,5-/m0/s1. The van der Waals surface area contributed by atoms with Gasteiger partial charge in [0, 0.05) is 5.75 Å². The van der Waals surface area contributed by atoms with Crippen LogP contribution in [-0.4, -0.2) is 58.3 Å². The SMILES string of the molecule is NCC(=O)N[C@@H](CS)C(=O)N[C@@H](CC(=O)O)C(=O)O. The van der Waals surface area contributed by atoms with E-state index in [1.165, 1.54) is 0 Å². The van der Waals surface area contributed by atoms with Crippen molar-refractivity contribution in [3.8, 4) is 0 Å². The van der Waals surface area contributed by atoms with Crippen molar-refractivity contribution in [1.82, 2.24) is 10.6 Å². The van der Waals surface area contributed by atoms with Gasteiger partial charge in [-0.25, -0.2) is 4.79 Å². The highest BCUT2D eigenvalue weighted by Gasteiger charge is 2.27. The van der Waals surface area contributed by atoms with E-state index in [9.17, 15) is 19.2 Å². The summed E-state index contributed by atoms with van der Waals surface area (Å²) in [5.41, 5.74) is 5.05. The number of carboxylic acids is 2. The molecule has 10 heteroatoms. The van der Waals surface area contributed by atoms with Gasteiger partial charge in [0.25, 0.3) is 0 Å². The molecule has 0 heterocycles. The van der Waals surface area contributed by atoms with E-state index < -0.39 is 42.3 Å². The number of nitrogens with one attached hydrogen (secondary N) is 2. The summed E-state index contributed by atoms with van der Waals surface area (Å²) in [4.78, 5) is 43.9. The number of hydrogen-bond donors (Lipinski definition) is 6. The number of thiol groups is 1. The largest absolute Gasteiger partial charge is 0.481 e. The summed E-state index contributed by atoms with van der Waals surface area (Å²) in [5, 5.41) is 21.5. The Morgan fingerprint density at radius 2 is 1.68 bits per heavy atom. The summed E-state index contributed by atoms with van der Waals surface area (Å²) >= 11 is 3.83. The fourth-order valence-corrected chi connectivity index (χ4v) is 1.35. The molecule has 0 fully saturated rings. The van der Waals surface area contributed by atoms with Gasteiger partial charge in [-0.15, -0.1) is 0 Å². The van der Waals surface area contributed by atoms with Gasteiger partial charge in [-0.05, 0) is 0 Å². The van der Waals surface area contributed by atoms with Crippen LogP contribution in [0.5, 0.6) is 0 Å². The molecule has 0 aliphatic rings. The molecule has 0 aromatic carbocycles. The van der Waals surface area contributed by atoms with E-state index in [4.69, 9.17) is 15.9 Å². The average molecular weight is 293 g/mol. The van der Waals surface area contributed by atoms with Crippen LogP contribution in [0.1, 0.15) is 6.42 Å². The molecule has 0 aliphatic carbocycles. The molecule has 0 saturated heterocycles. The van der Waals surface area contributed by atoms with E-state index in [1.807, 2.05) is 5.32 Å². The highest BCUT2D eigenvalue weighted by Crippen LogP contribution is 1.96. The van der Waals surface area contributed by atoms with Crippen molar-refractivity contribution < 1.29 is 29.4 Å². The van der Waals surface area contributed by atoms with Gasteiger partial charge in [0.2, 0.25) is 11.8 Å². The first kappa shape index (κ1) is 17.2. The second kappa shape index (κ2) is 8.32. The van der Waals surface area contributed by atoms with Crippen molar-refractivity contribution in [2.24, 2.45) is 5.73 Å². The molecule has 0 rings (SSSR count). The quantitative estimate of drug-likeness (QED) is 0.268. The van der Waals surface area contributed by atoms with Crippen molar-refractivity contribution in [2.45, 2.75) is 18.5 Å². The summed E-state index contributed by atoms with van der Waals surface area (Å²) < 4.78 is 0. The Morgan fingerprint density at radius 3 is 2.05 bits per heavy atom. The average Bonchev–Trinajstić information content (AvgIpc) is 2.33. The van der Waals surface area contributed by atoms with Crippen molar-refractivity contribution in [3.63, 3.8) is 0 Å².